The maximum absolute atomic E-state index is 12.2. The average Bonchev–Trinajstić information content (AvgIpc) is 2.47. The van der Waals surface area contributed by atoms with Crippen LogP contribution in [0, 0.1) is 0 Å². The Morgan fingerprint density at radius 1 is 1.39 bits per heavy atom. The summed E-state index contributed by atoms with van der Waals surface area (Å²) in [7, 11) is -2.16. The van der Waals surface area contributed by atoms with Crippen LogP contribution in [0.1, 0.15) is 37.0 Å². The quantitative estimate of drug-likeness (QED) is 0.560. The molecule has 0 saturated heterocycles. The summed E-state index contributed by atoms with van der Waals surface area (Å²) in [5.41, 5.74) is 0.265. The van der Waals surface area contributed by atoms with E-state index in [9.17, 15) is 18.3 Å². The molecule has 0 saturated carbocycles. The number of benzene rings is 1. The molecule has 0 amide bonds. The lowest BCUT2D eigenvalue weighted by molar-refractivity contribution is 0.0697. The molecule has 1 atom stereocenters. The maximum Gasteiger partial charge on any atom is 0.337 e. The third kappa shape index (κ3) is 5.81. The summed E-state index contributed by atoms with van der Waals surface area (Å²) in [4.78, 5) is 11.4. The second-order valence-corrected chi connectivity index (χ2v) is 7.03. The predicted molar refractivity (Wildman–Crippen MR) is 88.5 cm³/mol. The van der Waals surface area contributed by atoms with Gasteiger partial charge in [0.2, 0.25) is 10.0 Å². The number of aromatic carboxylic acids is 1. The van der Waals surface area contributed by atoms with E-state index in [1.165, 1.54) is 18.2 Å². The number of carboxylic acid groups (broad SMARTS) is 1. The second kappa shape index (κ2) is 8.85. The highest BCUT2D eigenvalue weighted by molar-refractivity contribution is 7.89. The van der Waals surface area contributed by atoms with E-state index < -0.39 is 16.0 Å². The molecule has 3 N–H and O–H groups in total. The highest BCUT2D eigenvalue weighted by Crippen LogP contribution is 2.21. The first-order valence-corrected chi connectivity index (χ1v) is 8.92. The molecule has 23 heavy (non-hydrogen) atoms. The minimum atomic E-state index is -3.71. The summed E-state index contributed by atoms with van der Waals surface area (Å²) in [5.74, 6) is -1.19. The van der Waals surface area contributed by atoms with Crippen LogP contribution in [0.15, 0.2) is 23.1 Å². The number of carbonyl (C=O) groups is 1. The first-order valence-electron chi connectivity index (χ1n) is 7.44. The maximum atomic E-state index is 12.2. The summed E-state index contributed by atoms with van der Waals surface area (Å²) in [6.45, 7) is 4.52. The van der Waals surface area contributed by atoms with Crippen molar-refractivity contribution in [1.82, 2.24) is 4.72 Å². The lowest BCUT2D eigenvalue weighted by atomic mass is 10.1. The van der Waals surface area contributed by atoms with Crippen molar-refractivity contribution in [3.05, 3.63) is 23.8 Å². The van der Waals surface area contributed by atoms with Crippen LogP contribution in [0.5, 0.6) is 0 Å². The smallest absolute Gasteiger partial charge is 0.337 e. The Labute approximate surface area is 137 Å². The van der Waals surface area contributed by atoms with Crippen LogP contribution in [-0.4, -0.2) is 45.8 Å². The van der Waals surface area contributed by atoms with Crippen molar-refractivity contribution >= 4 is 21.7 Å². The van der Waals surface area contributed by atoms with Crippen molar-refractivity contribution < 1.29 is 23.1 Å². The molecule has 7 nitrogen and oxygen atoms in total. The molecule has 0 spiro atoms. The molecule has 8 heteroatoms. The zero-order valence-electron chi connectivity index (χ0n) is 13.6. The van der Waals surface area contributed by atoms with Gasteiger partial charge in [0.25, 0.3) is 0 Å². The summed E-state index contributed by atoms with van der Waals surface area (Å²) < 4.78 is 31.8. The number of carboxylic acids is 1. The van der Waals surface area contributed by atoms with E-state index in [0.717, 1.165) is 12.8 Å². The fraction of sp³-hybridized carbons (Fsp3) is 0.533. The molecule has 1 rings (SSSR count). The summed E-state index contributed by atoms with van der Waals surface area (Å²) in [5, 5.41) is 12.3. The Hall–Kier alpha value is -1.64. The Morgan fingerprint density at radius 3 is 2.65 bits per heavy atom. The SMILES string of the molecule is CCCCNS(=O)(=O)c1ccc(N[C@H](C)COC)c(C(=O)O)c1. The number of methoxy groups -OCH3 is 1. The highest BCUT2D eigenvalue weighted by Gasteiger charge is 2.19. The van der Waals surface area contributed by atoms with E-state index in [4.69, 9.17) is 4.74 Å². The minimum absolute atomic E-state index is 0.0593. The van der Waals surface area contributed by atoms with E-state index in [1.807, 2.05) is 13.8 Å². The van der Waals surface area contributed by atoms with E-state index >= 15 is 0 Å². The van der Waals surface area contributed by atoms with Gasteiger partial charge in [-0.25, -0.2) is 17.9 Å². The number of ether oxygens (including phenoxy) is 1. The zero-order chi connectivity index (χ0) is 17.5. The van der Waals surface area contributed by atoms with Crippen molar-refractivity contribution in [2.24, 2.45) is 0 Å². The van der Waals surface area contributed by atoms with E-state index in [2.05, 4.69) is 10.0 Å². The van der Waals surface area contributed by atoms with Gasteiger partial charge >= 0.3 is 5.97 Å². The molecule has 0 heterocycles. The van der Waals surface area contributed by atoms with E-state index in [0.29, 0.717) is 18.8 Å². The molecule has 0 aliphatic heterocycles. The monoisotopic (exact) mass is 344 g/mol. The number of hydrogen-bond acceptors (Lipinski definition) is 5. The van der Waals surface area contributed by atoms with Gasteiger partial charge in [-0.15, -0.1) is 0 Å². The Bertz CT molecular complexity index is 631. The molecular weight excluding hydrogens is 320 g/mol. The highest BCUT2D eigenvalue weighted by atomic mass is 32.2. The third-order valence-corrected chi connectivity index (χ3v) is 4.63. The molecule has 0 aromatic heterocycles. The number of hydrogen-bond donors (Lipinski definition) is 3. The van der Waals surface area contributed by atoms with Gasteiger partial charge in [0.15, 0.2) is 0 Å². The standard InChI is InChI=1S/C15H24N2O5S/c1-4-5-8-16-23(20,21)12-6-7-14(13(9-12)15(18)19)17-11(2)10-22-3/h6-7,9,11,16-17H,4-5,8,10H2,1-3H3,(H,18,19)/t11-/m1/s1. The van der Waals surface area contributed by atoms with Crippen LogP contribution in [0.2, 0.25) is 0 Å². The Balaban J connectivity index is 3.05. The Kier molecular flexibility index (Phi) is 7.47. The molecule has 1 aromatic carbocycles. The summed E-state index contributed by atoms with van der Waals surface area (Å²) >= 11 is 0. The largest absolute Gasteiger partial charge is 0.478 e. The van der Waals surface area contributed by atoms with Gasteiger partial charge in [-0.3, -0.25) is 0 Å². The van der Waals surface area contributed by atoms with Crippen molar-refractivity contribution in [1.29, 1.82) is 0 Å². The van der Waals surface area contributed by atoms with Crippen LogP contribution in [0.4, 0.5) is 5.69 Å². The zero-order valence-corrected chi connectivity index (χ0v) is 14.4. The fourth-order valence-electron chi connectivity index (χ4n) is 2.02. The van der Waals surface area contributed by atoms with Gasteiger partial charge in [0.1, 0.15) is 0 Å². The first-order chi connectivity index (χ1) is 10.8. The van der Waals surface area contributed by atoms with Crippen LogP contribution < -0.4 is 10.0 Å². The van der Waals surface area contributed by atoms with Crippen molar-refractivity contribution in [2.45, 2.75) is 37.6 Å². The molecule has 130 valence electrons. The molecule has 0 bridgehead atoms. The molecule has 0 aliphatic rings. The van der Waals surface area contributed by atoms with Crippen molar-refractivity contribution in [3.8, 4) is 0 Å². The second-order valence-electron chi connectivity index (χ2n) is 5.26. The van der Waals surface area contributed by atoms with E-state index in [-0.39, 0.29) is 16.5 Å². The number of sulfonamides is 1. The number of rotatable bonds is 10. The van der Waals surface area contributed by atoms with E-state index in [1.54, 1.807) is 7.11 Å². The molecular formula is C15H24N2O5S. The van der Waals surface area contributed by atoms with Gasteiger partial charge in [0.05, 0.1) is 17.1 Å². The molecule has 1 aromatic rings. The van der Waals surface area contributed by atoms with Gasteiger partial charge < -0.3 is 15.2 Å². The lowest BCUT2D eigenvalue weighted by Gasteiger charge is -2.17. The normalized spacial score (nSPS) is 12.8. The fourth-order valence-corrected chi connectivity index (χ4v) is 3.12. The van der Waals surface area contributed by atoms with Gasteiger partial charge in [0, 0.05) is 25.4 Å². The molecule has 0 unspecified atom stereocenters. The predicted octanol–water partition coefficient (Wildman–Crippen LogP) is 1.91. The number of nitrogens with one attached hydrogen (secondary N) is 2. The molecule has 0 radical (unpaired) electrons. The molecule has 0 fully saturated rings. The minimum Gasteiger partial charge on any atom is -0.478 e. The first kappa shape index (κ1) is 19.4. The van der Waals surface area contributed by atoms with Crippen LogP contribution in [-0.2, 0) is 14.8 Å². The topological polar surface area (TPSA) is 105 Å². The summed E-state index contributed by atoms with van der Waals surface area (Å²) in [6, 6.07) is 3.91. The Morgan fingerprint density at radius 2 is 2.09 bits per heavy atom. The van der Waals surface area contributed by atoms with Crippen molar-refractivity contribution in [2.75, 3.05) is 25.6 Å². The molecule has 0 aliphatic carbocycles. The number of anilines is 1. The van der Waals surface area contributed by atoms with Gasteiger partial charge in [-0.05, 0) is 31.5 Å². The summed E-state index contributed by atoms with van der Waals surface area (Å²) in [6.07, 6.45) is 1.59. The van der Waals surface area contributed by atoms with Crippen LogP contribution in [0.3, 0.4) is 0 Å². The van der Waals surface area contributed by atoms with Crippen LogP contribution in [0.25, 0.3) is 0 Å². The number of unbranched alkanes of at least 4 members (excludes halogenated alkanes) is 1. The van der Waals surface area contributed by atoms with Crippen LogP contribution >= 0.6 is 0 Å². The van der Waals surface area contributed by atoms with Crippen molar-refractivity contribution in [3.63, 3.8) is 0 Å². The third-order valence-electron chi connectivity index (χ3n) is 3.17. The van der Waals surface area contributed by atoms with Gasteiger partial charge in [-0.2, -0.15) is 0 Å². The lowest BCUT2D eigenvalue weighted by Crippen LogP contribution is -2.26. The van der Waals surface area contributed by atoms with Gasteiger partial charge in [-0.1, -0.05) is 13.3 Å². The average molecular weight is 344 g/mol.